The first-order valence-corrected chi connectivity index (χ1v) is 7.89. The molecule has 4 nitrogen and oxygen atoms in total. The van der Waals surface area contributed by atoms with Crippen molar-refractivity contribution >= 4 is 17.7 Å². The van der Waals surface area contributed by atoms with Crippen LogP contribution >= 0.6 is 11.8 Å². The van der Waals surface area contributed by atoms with Crippen molar-refractivity contribution in [2.45, 2.75) is 17.4 Å². The molecule has 0 fully saturated rings. The summed E-state index contributed by atoms with van der Waals surface area (Å²) in [4.78, 5) is 17.5. The van der Waals surface area contributed by atoms with Crippen LogP contribution in [0.15, 0.2) is 41.4 Å². The second kappa shape index (κ2) is 6.36. The van der Waals surface area contributed by atoms with E-state index in [1.54, 1.807) is 36.2 Å². The minimum Gasteiger partial charge on any atom is -0.480 e. The van der Waals surface area contributed by atoms with Crippen LogP contribution in [0.5, 0.6) is 5.88 Å². The van der Waals surface area contributed by atoms with Crippen LogP contribution in [-0.4, -0.2) is 23.8 Å². The van der Waals surface area contributed by atoms with E-state index in [4.69, 9.17) is 4.74 Å². The maximum absolute atomic E-state index is 13.5. The van der Waals surface area contributed by atoms with E-state index in [1.165, 1.54) is 19.2 Å². The highest BCUT2D eigenvalue weighted by Crippen LogP contribution is 2.36. The van der Waals surface area contributed by atoms with E-state index in [9.17, 15) is 9.18 Å². The normalized spacial score (nSPS) is 16.7. The molecule has 2 aromatic rings. The summed E-state index contributed by atoms with van der Waals surface area (Å²) in [6.45, 7) is 0. The summed E-state index contributed by atoms with van der Waals surface area (Å²) in [6.07, 6.45) is 2.33. The van der Waals surface area contributed by atoms with Gasteiger partial charge in [0.15, 0.2) is 0 Å². The number of halogens is 1. The van der Waals surface area contributed by atoms with Crippen molar-refractivity contribution in [3.05, 3.63) is 53.5 Å². The van der Waals surface area contributed by atoms with Crippen molar-refractivity contribution in [2.24, 2.45) is 0 Å². The number of amides is 1. The summed E-state index contributed by atoms with van der Waals surface area (Å²) >= 11 is 1.68. The molecule has 6 heteroatoms. The molecule has 2 heterocycles. The Balaban J connectivity index is 1.85. The standard InChI is InChI=1S/C16H15FN2O2S/c1-21-16-11(3-2-7-18-16)15(20)19-13-6-8-22-14-5-4-10(17)9-12(13)14/h2-5,7,9,13H,6,8H2,1H3,(H,19,20). The van der Waals surface area contributed by atoms with Gasteiger partial charge in [0.2, 0.25) is 5.88 Å². The van der Waals surface area contributed by atoms with Gasteiger partial charge in [-0.05, 0) is 42.3 Å². The minimum atomic E-state index is -0.292. The maximum Gasteiger partial charge on any atom is 0.257 e. The fourth-order valence-corrected chi connectivity index (χ4v) is 3.58. The third-order valence-corrected chi connectivity index (χ3v) is 4.65. The number of methoxy groups -OCH3 is 1. The van der Waals surface area contributed by atoms with Gasteiger partial charge in [0.05, 0.1) is 13.2 Å². The van der Waals surface area contributed by atoms with Crippen molar-refractivity contribution in [1.29, 1.82) is 0 Å². The lowest BCUT2D eigenvalue weighted by atomic mass is 10.0. The smallest absolute Gasteiger partial charge is 0.257 e. The molecule has 1 N–H and O–H groups in total. The van der Waals surface area contributed by atoms with Crippen LogP contribution in [0.4, 0.5) is 4.39 Å². The number of fused-ring (bicyclic) bond motifs is 1. The third-order valence-electron chi connectivity index (χ3n) is 3.53. The molecule has 1 atom stereocenters. The van der Waals surface area contributed by atoms with Gasteiger partial charge in [0.25, 0.3) is 5.91 Å². The highest BCUT2D eigenvalue weighted by Gasteiger charge is 2.24. The van der Waals surface area contributed by atoms with Gasteiger partial charge in [-0.3, -0.25) is 4.79 Å². The molecule has 0 saturated carbocycles. The summed E-state index contributed by atoms with van der Waals surface area (Å²) in [5, 5.41) is 2.95. The van der Waals surface area contributed by atoms with E-state index in [2.05, 4.69) is 10.3 Å². The number of thioether (sulfide) groups is 1. The Labute approximate surface area is 132 Å². The highest BCUT2D eigenvalue weighted by atomic mass is 32.2. The number of hydrogen-bond donors (Lipinski definition) is 1. The van der Waals surface area contributed by atoms with Gasteiger partial charge in [0.1, 0.15) is 11.4 Å². The molecule has 3 rings (SSSR count). The molecule has 1 amide bonds. The van der Waals surface area contributed by atoms with Crippen LogP contribution in [0.2, 0.25) is 0 Å². The number of carbonyl (C=O) groups is 1. The molecule has 1 aliphatic heterocycles. The topological polar surface area (TPSA) is 51.2 Å². The average Bonchev–Trinajstić information content (AvgIpc) is 2.55. The fourth-order valence-electron chi connectivity index (χ4n) is 2.48. The second-order valence-electron chi connectivity index (χ2n) is 4.91. The lowest BCUT2D eigenvalue weighted by Crippen LogP contribution is -2.31. The molecule has 0 spiro atoms. The molecule has 1 aliphatic rings. The van der Waals surface area contributed by atoms with Crippen molar-refractivity contribution in [3.63, 3.8) is 0 Å². The van der Waals surface area contributed by atoms with Gasteiger partial charge in [0, 0.05) is 16.8 Å². The van der Waals surface area contributed by atoms with E-state index in [0.717, 1.165) is 22.6 Å². The largest absolute Gasteiger partial charge is 0.480 e. The van der Waals surface area contributed by atoms with Crippen LogP contribution in [0.1, 0.15) is 28.4 Å². The predicted molar refractivity (Wildman–Crippen MR) is 82.7 cm³/mol. The zero-order valence-electron chi connectivity index (χ0n) is 12.0. The molecule has 0 saturated heterocycles. The Morgan fingerprint density at radius 3 is 3.14 bits per heavy atom. The summed E-state index contributed by atoms with van der Waals surface area (Å²) in [6, 6.07) is 7.84. The average molecular weight is 318 g/mol. The molecular weight excluding hydrogens is 303 g/mol. The van der Waals surface area contributed by atoms with Crippen molar-refractivity contribution in [3.8, 4) is 5.88 Å². The molecule has 1 aromatic heterocycles. The first-order valence-electron chi connectivity index (χ1n) is 6.91. The van der Waals surface area contributed by atoms with Gasteiger partial charge in [-0.15, -0.1) is 11.8 Å². The quantitative estimate of drug-likeness (QED) is 0.944. The van der Waals surface area contributed by atoms with E-state index in [1.807, 2.05) is 0 Å². The van der Waals surface area contributed by atoms with E-state index in [-0.39, 0.29) is 23.6 Å². The van der Waals surface area contributed by atoms with Gasteiger partial charge < -0.3 is 10.1 Å². The summed E-state index contributed by atoms with van der Waals surface area (Å²) in [5.41, 5.74) is 1.20. The minimum absolute atomic E-state index is 0.204. The monoisotopic (exact) mass is 318 g/mol. The summed E-state index contributed by atoms with van der Waals surface area (Å²) < 4.78 is 18.6. The zero-order chi connectivity index (χ0) is 15.5. The van der Waals surface area contributed by atoms with Crippen LogP contribution in [0.3, 0.4) is 0 Å². The van der Waals surface area contributed by atoms with Gasteiger partial charge in [-0.25, -0.2) is 9.37 Å². The van der Waals surface area contributed by atoms with Gasteiger partial charge in [-0.1, -0.05) is 0 Å². The zero-order valence-corrected chi connectivity index (χ0v) is 12.8. The van der Waals surface area contributed by atoms with E-state index >= 15 is 0 Å². The number of nitrogens with zero attached hydrogens (tertiary/aromatic N) is 1. The fraction of sp³-hybridized carbons (Fsp3) is 0.250. The van der Waals surface area contributed by atoms with Crippen molar-refractivity contribution in [2.75, 3.05) is 12.9 Å². The Bertz CT molecular complexity index is 708. The van der Waals surface area contributed by atoms with E-state index < -0.39 is 0 Å². The SMILES string of the molecule is COc1ncccc1C(=O)NC1CCSc2ccc(F)cc21. The highest BCUT2D eigenvalue weighted by molar-refractivity contribution is 7.99. The molecule has 0 radical (unpaired) electrons. The Hall–Kier alpha value is -2.08. The Morgan fingerprint density at radius 2 is 2.32 bits per heavy atom. The van der Waals surface area contributed by atoms with Crippen molar-refractivity contribution in [1.82, 2.24) is 10.3 Å². The second-order valence-corrected chi connectivity index (χ2v) is 6.04. The third kappa shape index (κ3) is 2.92. The number of benzene rings is 1. The van der Waals surface area contributed by atoms with E-state index in [0.29, 0.717) is 5.56 Å². The molecule has 1 unspecified atom stereocenters. The van der Waals surface area contributed by atoms with Crippen LogP contribution in [-0.2, 0) is 0 Å². The molecular formula is C16H15FN2O2S. The Kier molecular flexibility index (Phi) is 4.29. The van der Waals surface area contributed by atoms with Gasteiger partial charge >= 0.3 is 0 Å². The lowest BCUT2D eigenvalue weighted by Gasteiger charge is -2.26. The predicted octanol–water partition coefficient (Wildman–Crippen LogP) is 3.20. The van der Waals surface area contributed by atoms with Crippen LogP contribution in [0, 0.1) is 5.82 Å². The van der Waals surface area contributed by atoms with Crippen molar-refractivity contribution < 1.29 is 13.9 Å². The molecule has 0 aliphatic carbocycles. The number of nitrogens with one attached hydrogen (secondary N) is 1. The first-order chi connectivity index (χ1) is 10.7. The van der Waals surface area contributed by atoms with Crippen LogP contribution in [0.25, 0.3) is 0 Å². The maximum atomic E-state index is 13.5. The molecule has 0 bridgehead atoms. The Morgan fingerprint density at radius 1 is 1.45 bits per heavy atom. The summed E-state index contributed by atoms with van der Waals surface area (Å²) in [5.74, 6) is 0.606. The number of carbonyl (C=O) groups excluding carboxylic acids is 1. The number of hydrogen-bond acceptors (Lipinski definition) is 4. The summed E-state index contributed by atoms with van der Waals surface area (Å²) in [7, 11) is 1.47. The number of pyridine rings is 1. The number of rotatable bonds is 3. The molecule has 1 aromatic carbocycles. The van der Waals surface area contributed by atoms with Crippen LogP contribution < -0.4 is 10.1 Å². The first kappa shape index (κ1) is 14.8. The number of ether oxygens (including phenoxy) is 1. The number of aromatic nitrogens is 1. The van der Waals surface area contributed by atoms with Gasteiger partial charge in [-0.2, -0.15) is 0 Å². The molecule has 114 valence electrons. The molecule has 22 heavy (non-hydrogen) atoms. The lowest BCUT2D eigenvalue weighted by molar-refractivity contribution is 0.0931.